The summed E-state index contributed by atoms with van der Waals surface area (Å²) < 4.78 is 2.30. The van der Waals surface area contributed by atoms with Crippen molar-refractivity contribution in [1.82, 2.24) is 20.2 Å². The Balaban J connectivity index is 1.20. The summed E-state index contributed by atoms with van der Waals surface area (Å²) in [5, 5.41) is 6.97. The van der Waals surface area contributed by atoms with Crippen molar-refractivity contribution in [2.45, 2.75) is 26.3 Å². The smallest absolute Gasteiger partial charge is 0.190 e. The van der Waals surface area contributed by atoms with Crippen molar-refractivity contribution in [2.75, 3.05) is 38.1 Å². The van der Waals surface area contributed by atoms with Gasteiger partial charge in [0.25, 0.3) is 0 Å². The Labute approximate surface area is 179 Å². The van der Waals surface area contributed by atoms with Crippen LogP contribution in [-0.2, 0) is 6.54 Å². The van der Waals surface area contributed by atoms with Crippen LogP contribution in [0.1, 0.15) is 18.7 Å². The van der Waals surface area contributed by atoms with Gasteiger partial charge in [-0.3, -0.25) is 4.99 Å². The Bertz CT molecular complexity index is 978. The molecule has 0 aliphatic carbocycles. The molecule has 6 heteroatoms. The van der Waals surface area contributed by atoms with Crippen LogP contribution in [0.4, 0.5) is 5.69 Å². The van der Waals surface area contributed by atoms with Gasteiger partial charge in [0, 0.05) is 45.5 Å². The van der Waals surface area contributed by atoms with E-state index in [1.165, 1.54) is 17.6 Å². The van der Waals surface area contributed by atoms with Crippen molar-refractivity contribution in [3.05, 3.63) is 60.4 Å². The Morgan fingerprint density at radius 2 is 1.90 bits per heavy atom. The third-order valence-electron chi connectivity index (χ3n) is 5.89. The summed E-state index contributed by atoms with van der Waals surface area (Å²) >= 11 is 0. The highest BCUT2D eigenvalue weighted by Gasteiger charge is 2.22. The summed E-state index contributed by atoms with van der Waals surface area (Å²) in [6.45, 7) is 7.08. The summed E-state index contributed by atoms with van der Waals surface area (Å²) in [7, 11) is 1.84. The van der Waals surface area contributed by atoms with E-state index in [0.717, 1.165) is 56.4 Å². The molecule has 6 nitrogen and oxygen atoms in total. The molecule has 0 spiro atoms. The number of imidazole rings is 1. The van der Waals surface area contributed by atoms with Crippen LogP contribution in [0.15, 0.2) is 59.6 Å². The molecular weight excluding hydrogens is 372 g/mol. The number of hydrogen-bond acceptors (Lipinski definition) is 3. The fourth-order valence-electron chi connectivity index (χ4n) is 4.26. The van der Waals surface area contributed by atoms with E-state index in [1.54, 1.807) is 0 Å². The third-order valence-corrected chi connectivity index (χ3v) is 5.89. The number of para-hydroxylation sites is 3. The van der Waals surface area contributed by atoms with Crippen molar-refractivity contribution < 1.29 is 0 Å². The molecule has 0 bridgehead atoms. The Hall–Kier alpha value is -3.02. The molecule has 3 aromatic rings. The van der Waals surface area contributed by atoms with E-state index in [4.69, 9.17) is 0 Å². The first kappa shape index (κ1) is 20.3. The number of nitrogens with zero attached hydrogens (tertiary/aromatic N) is 4. The summed E-state index contributed by atoms with van der Waals surface area (Å²) in [4.78, 5) is 11.5. The zero-order chi connectivity index (χ0) is 20.8. The van der Waals surface area contributed by atoms with Gasteiger partial charge in [0.1, 0.15) is 5.82 Å². The lowest BCUT2D eigenvalue weighted by Crippen LogP contribution is -2.40. The lowest BCUT2D eigenvalue weighted by Gasteiger charge is -2.19. The number of benzene rings is 2. The summed E-state index contributed by atoms with van der Waals surface area (Å²) in [5.41, 5.74) is 3.60. The number of fused-ring (bicyclic) bond motifs is 1. The first-order chi connectivity index (χ1) is 14.7. The van der Waals surface area contributed by atoms with Gasteiger partial charge in [-0.15, -0.1) is 0 Å². The van der Waals surface area contributed by atoms with Crippen LogP contribution >= 0.6 is 0 Å². The predicted molar refractivity (Wildman–Crippen MR) is 125 cm³/mol. The standard InChI is InChI=1S/C24H32N6/c1-19-28-22-11-6-7-12-23(22)30(19)15-8-14-26-24(25-2)27-17-20-13-16-29(18-20)21-9-4-3-5-10-21/h3-7,9-12,20H,8,13-18H2,1-2H3,(H2,25,26,27). The van der Waals surface area contributed by atoms with Gasteiger partial charge in [0.2, 0.25) is 0 Å². The summed E-state index contributed by atoms with van der Waals surface area (Å²) in [6.07, 6.45) is 2.24. The lowest BCUT2D eigenvalue weighted by molar-refractivity contribution is 0.562. The molecule has 0 saturated carbocycles. The van der Waals surface area contributed by atoms with E-state index in [-0.39, 0.29) is 0 Å². The quantitative estimate of drug-likeness (QED) is 0.360. The minimum atomic E-state index is 0.642. The molecule has 0 radical (unpaired) electrons. The van der Waals surface area contributed by atoms with Crippen LogP contribution in [0, 0.1) is 12.8 Å². The topological polar surface area (TPSA) is 57.5 Å². The average molecular weight is 405 g/mol. The Morgan fingerprint density at radius 1 is 1.10 bits per heavy atom. The molecule has 1 aliphatic rings. The van der Waals surface area contributed by atoms with E-state index in [2.05, 4.69) is 85.5 Å². The largest absolute Gasteiger partial charge is 0.371 e. The predicted octanol–water partition coefficient (Wildman–Crippen LogP) is 3.43. The number of aromatic nitrogens is 2. The minimum absolute atomic E-state index is 0.642. The van der Waals surface area contributed by atoms with Crippen LogP contribution in [0.2, 0.25) is 0 Å². The van der Waals surface area contributed by atoms with E-state index in [9.17, 15) is 0 Å². The normalized spacial score (nSPS) is 16.9. The molecule has 1 saturated heterocycles. The number of nitrogens with one attached hydrogen (secondary N) is 2. The first-order valence-corrected chi connectivity index (χ1v) is 10.9. The molecule has 1 unspecified atom stereocenters. The second-order valence-corrected chi connectivity index (χ2v) is 7.97. The summed E-state index contributed by atoms with van der Waals surface area (Å²) in [6, 6.07) is 19.0. The second kappa shape index (κ2) is 9.65. The maximum atomic E-state index is 4.65. The average Bonchev–Trinajstić information content (AvgIpc) is 3.38. The van der Waals surface area contributed by atoms with E-state index in [0.29, 0.717) is 5.92 Å². The molecule has 0 amide bonds. The number of aliphatic imine (C=N–C) groups is 1. The molecule has 1 aliphatic heterocycles. The molecular formula is C24H32N6. The van der Waals surface area contributed by atoms with E-state index < -0.39 is 0 Å². The molecule has 2 N–H and O–H groups in total. The molecule has 158 valence electrons. The van der Waals surface area contributed by atoms with Gasteiger partial charge in [-0.25, -0.2) is 4.98 Å². The SMILES string of the molecule is CN=C(NCCCn1c(C)nc2ccccc21)NCC1CCN(c2ccccc2)C1. The van der Waals surface area contributed by atoms with Crippen LogP contribution in [-0.4, -0.2) is 48.7 Å². The van der Waals surface area contributed by atoms with Gasteiger partial charge < -0.3 is 20.1 Å². The van der Waals surface area contributed by atoms with Gasteiger partial charge in [0.05, 0.1) is 11.0 Å². The molecule has 30 heavy (non-hydrogen) atoms. The molecule has 2 heterocycles. The minimum Gasteiger partial charge on any atom is -0.371 e. The monoisotopic (exact) mass is 404 g/mol. The van der Waals surface area contributed by atoms with Gasteiger partial charge in [0.15, 0.2) is 5.96 Å². The van der Waals surface area contributed by atoms with E-state index >= 15 is 0 Å². The van der Waals surface area contributed by atoms with Gasteiger partial charge in [-0.1, -0.05) is 30.3 Å². The number of aryl methyl sites for hydroxylation is 2. The van der Waals surface area contributed by atoms with Gasteiger partial charge in [-0.2, -0.15) is 0 Å². The zero-order valence-electron chi connectivity index (χ0n) is 18.0. The fraction of sp³-hybridized carbons (Fsp3) is 0.417. The van der Waals surface area contributed by atoms with Gasteiger partial charge >= 0.3 is 0 Å². The number of anilines is 1. The van der Waals surface area contributed by atoms with Crippen LogP contribution in [0.5, 0.6) is 0 Å². The van der Waals surface area contributed by atoms with Crippen molar-refractivity contribution in [1.29, 1.82) is 0 Å². The van der Waals surface area contributed by atoms with Crippen LogP contribution < -0.4 is 15.5 Å². The Morgan fingerprint density at radius 3 is 2.73 bits per heavy atom. The van der Waals surface area contributed by atoms with Crippen LogP contribution in [0.3, 0.4) is 0 Å². The highest BCUT2D eigenvalue weighted by Crippen LogP contribution is 2.22. The molecule has 1 atom stereocenters. The zero-order valence-corrected chi connectivity index (χ0v) is 18.0. The third kappa shape index (κ3) is 4.75. The Kier molecular flexibility index (Phi) is 6.52. The van der Waals surface area contributed by atoms with Gasteiger partial charge in [-0.05, 0) is 49.9 Å². The number of hydrogen-bond donors (Lipinski definition) is 2. The molecule has 2 aromatic carbocycles. The molecule has 1 fully saturated rings. The van der Waals surface area contributed by atoms with Crippen molar-refractivity contribution in [3.63, 3.8) is 0 Å². The lowest BCUT2D eigenvalue weighted by atomic mass is 10.1. The second-order valence-electron chi connectivity index (χ2n) is 7.97. The highest BCUT2D eigenvalue weighted by atomic mass is 15.2. The molecule has 4 rings (SSSR count). The van der Waals surface area contributed by atoms with Crippen molar-refractivity contribution in [3.8, 4) is 0 Å². The number of guanidine groups is 1. The first-order valence-electron chi connectivity index (χ1n) is 10.9. The number of rotatable bonds is 7. The molecule has 1 aromatic heterocycles. The van der Waals surface area contributed by atoms with Crippen molar-refractivity contribution in [2.24, 2.45) is 10.9 Å². The van der Waals surface area contributed by atoms with Crippen LogP contribution in [0.25, 0.3) is 11.0 Å². The fourth-order valence-corrected chi connectivity index (χ4v) is 4.26. The van der Waals surface area contributed by atoms with Crippen molar-refractivity contribution >= 4 is 22.7 Å². The summed E-state index contributed by atoms with van der Waals surface area (Å²) in [5.74, 6) is 2.60. The highest BCUT2D eigenvalue weighted by molar-refractivity contribution is 5.79. The van der Waals surface area contributed by atoms with E-state index in [1.807, 2.05) is 13.1 Å². The maximum absolute atomic E-state index is 4.65. The maximum Gasteiger partial charge on any atom is 0.190 e.